The molecule has 1 aliphatic rings. The van der Waals surface area contributed by atoms with Gasteiger partial charge in [0, 0.05) is 0 Å². The lowest BCUT2D eigenvalue weighted by molar-refractivity contribution is -0.0722. The van der Waals surface area contributed by atoms with E-state index in [-0.39, 0.29) is 6.10 Å². The first-order valence-corrected chi connectivity index (χ1v) is 4.83. The summed E-state index contributed by atoms with van der Waals surface area (Å²) in [6, 6.07) is 0. The molecule has 0 spiro atoms. The van der Waals surface area contributed by atoms with Gasteiger partial charge in [0.1, 0.15) is 6.79 Å². The Morgan fingerprint density at radius 2 is 2.31 bits per heavy atom. The number of rotatable bonds is 5. The van der Waals surface area contributed by atoms with Crippen molar-refractivity contribution in [3.63, 3.8) is 0 Å². The standard InChI is InChI=1S/C11H18O2/c1-10(2)13-9-12-8-11-6-4-3-5-7-11/h3-4,6,10H,5,7-9H2,1-2H3. The zero-order chi connectivity index (χ0) is 9.52. The fourth-order valence-corrected chi connectivity index (χ4v) is 1.13. The lowest BCUT2D eigenvalue weighted by Gasteiger charge is -2.11. The molecule has 1 rings (SSSR count). The molecule has 74 valence electrons. The highest BCUT2D eigenvalue weighted by Gasteiger charge is 1.99. The zero-order valence-electron chi connectivity index (χ0n) is 8.45. The first kappa shape index (κ1) is 10.5. The van der Waals surface area contributed by atoms with Crippen molar-refractivity contribution in [3.05, 3.63) is 23.8 Å². The Balaban J connectivity index is 2.05. The van der Waals surface area contributed by atoms with Gasteiger partial charge in [0.25, 0.3) is 0 Å². The summed E-state index contributed by atoms with van der Waals surface area (Å²) in [7, 11) is 0. The Bertz CT molecular complexity index is 192. The largest absolute Gasteiger partial charge is 0.353 e. The Morgan fingerprint density at radius 1 is 1.46 bits per heavy atom. The molecule has 0 aromatic carbocycles. The lowest BCUT2D eigenvalue weighted by Crippen LogP contribution is -2.09. The van der Waals surface area contributed by atoms with E-state index < -0.39 is 0 Å². The van der Waals surface area contributed by atoms with Gasteiger partial charge in [-0.15, -0.1) is 0 Å². The maximum atomic E-state index is 5.36. The monoisotopic (exact) mass is 182 g/mol. The van der Waals surface area contributed by atoms with Gasteiger partial charge >= 0.3 is 0 Å². The molecule has 0 fully saturated rings. The number of allylic oxidation sites excluding steroid dienone is 3. The summed E-state index contributed by atoms with van der Waals surface area (Å²) in [6.07, 6.45) is 8.90. The highest BCUT2D eigenvalue weighted by Crippen LogP contribution is 2.11. The van der Waals surface area contributed by atoms with Gasteiger partial charge in [-0.2, -0.15) is 0 Å². The van der Waals surface area contributed by atoms with Crippen molar-refractivity contribution in [2.24, 2.45) is 0 Å². The van der Waals surface area contributed by atoms with Gasteiger partial charge in [0.2, 0.25) is 0 Å². The molecule has 0 heterocycles. The smallest absolute Gasteiger partial charge is 0.147 e. The minimum Gasteiger partial charge on any atom is -0.353 e. The van der Waals surface area contributed by atoms with Crippen LogP contribution in [0, 0.1) is 0 Å². The molecule has 0 aromatic heterocycles. The van der Waals surface area contributed by atoms with Gasteiger partial charge in [-0.1, -0.05) is 18.2 Å². The summed E-state index contributed by atoms with van der Waals surface area (Å²) in [5, 5.41) is 0. The van der Waals surface area contributed by atoms with E-state index in [2.05, 4.69) is 18.2 Å². The fourth-order valence-electron chi connectivity index (χ4n) is 1.13. The fraction of sp³-hybridized carbons (Fsp3) is 0.636. The van der Waals surface area contributed by atoms with Crippen molar-refractivity contribution in [1.29, 1.82) is 0 Å². The maximum Gasteiger partial charge on any atom is 0.147 e. The van der Waals surface area contributed by atoms with Crippen molar-refractivity contribution >= 4 is 0 Å². The van der Waals surface area contributed by atoms with Crippen LogP contribution in [0.1, 0.15) is 26.7 Å². The average molecular weight is 182 g/mol. The van der Waals surface area contributed by atoms with Crippen molar-refractivity contribution in [2.75, 3.05) is 13.4 Å². The minimum atomic E-state index is 0.250. The van der Waals surface area contributed by atoms with E-state index in [0.717, 1.165) is 12.8 Å². The summed E-state index contributed by atoms with van der Waals surface area (Å²) in [4.78, 5) is 0. The van der Waals surface area contributed by atoms with Crippen molar-refractivity contribution < 1.29 is 9.47 Å². The van der Waals surface area contributed by atoms with E-state index in [0.29, 0.717) is 13.4 Å². The lowest BCUT2D eigenvalue weighted by atomic mass is 10.1. The van der Waals surface area contributed by atoms with Gasteiger partial charge < -0.3 is 9.47 Å². The van der Waals surface area contributed by atoms with Crippen LogP contribution in [0.15, 0.2) is 23.8 Å². The van der Waals surface area contributed by atoms with Gasteiger partial charge in [0.15, 0.2) is 0 Å². The van der Waals surface area contributed by atoms with E-state index in [4.69, 9.17) is 9.47 Å². The topological polar surface area (TPSA) is 18.5 Å². The van der Waals surface area contributed by atoms with Crippen molar-refractivity contribution in [1.82, 2.24) is 0 Å². The third kappa shape index (κ3) is 4.86. The van der Waals surface area contributed by atoms with E-state index in [1.165, 1.54) is 5.57 Å². The normalized spacial score (nSPS) is 16.4. The van der Waals surface area contributed by atoms with Crippen LogP contribution in [0.25, 0.3) is 0 Å². The van der Waals surface area contributed by atoms with Crippen LogP contribution < -0.4 is 0 Å². The van der Waals surface area contributed by atoms with Crippen LogP contribution in [0.5, 0.6) is 0 Å². The predicted octanol–water partition coefficient (Wildman–Crippen LogP) is 2.66. The molecule has 0 atom stereocenters. The van der Waals surface area contributed by atoms with Gasteiger partial charge in [-0.3, -0.25) is 0 Å². The molecule has 2 nitrogen and oxygen atoms in total. The van der Waals surface area contributed by atoms with E-state index in [9.17, 15) is 0 Å². The molecule has 0 aromatic rings. The van der Waals surface area contributed by atoms with Crippen LogP contribution in [0.2, 0.25) is 0 Å². The highest BCUT2D eigenvalue weighted by molar-refractivity contribution is 5.17. The third-order valence-electron chi connectivity index (χ3n) is 1.87. The summed E-state index contributed by atoms with van der Waals surface area (Å²) in [6.45, 7) is 5.12. The van der Waals surface area contributed by atoms with Crippen LogP contribution in [-0.4, -0.2) is 19.5 Å². The third-order valence-corrected chi connectivity index (χ3v) is 1.87. The van der Waals surface area contributed by atoms with E-state index >= 15 is 0 Å². The SMILES string of the molecule is CC(C)OCOCC1=CC=CCC1. The van der Waals surface area contributed by atoms with Crippen molar-refractivity contribution in [3.8, 4) is 0 Å². The molecule has 0 saturated carbocycles. The van der Waals surface area contributed by atoms with Gasteiger partial charge in [-0.05, 0) is 32.3 Å². The van der Waals surface area contributed by atoms with Crippen LogP contribution >= 0.6 is 0 Å². The Kier molecular flexibility index (Phi) is 4.79. The summed E-state index contributed by atoms with van der Waals surface area (Å²) >= 11 is 0. The van der Waals surface area contributed by atoms with E-state index in [1.807, 2.05) is 13.8 Å². The Labute approximate surface area is 80.2 Å². The summed E-state index contributed by atoms with van der Waals surface area (Å²) < 4.78 is 10.6. The molecule has 0 radical (unpaired) electrons. The molecular weight excluding hydrogens is 164 g/mol. The van der Waals surface area contributed by atoms with E-state index in [1.54, 1.807) is 0 Å². The first-order valence-electron chi connectivity index (χ1n) is 4.83. The molecule has 0 unspecified atom stereocenters. The number of ether oxygens (including phenoxy) is 2. The zero-order valence-corrected chi connectivity index (χ0v) is 8.45. The summed E-state index contributed by atoms with van der Waals surface area (Å²) in [5.41, 5.74) is 1.36. The second kappa shape index (κ2) is 5.95. The predicted molar refractivity (Wildman–Crippen MR) is 53.5 cm³/mol. The average Bonchev–Trinajstić information content (AvgIpc) is 2.14. The van der Waals surface area contributed by atoms with Crippen molar-refractivity contribution in [2.45, 2.75) is 32.8 Å². The molecule has 0 amide bonds. The van der Waals surface area contributed by atoms with Crippen LogP contribution in [0.3, 0.4) is 0 Å². The van der Waals surface area contributed by atoms with Crippen LogP contribution in [-0.2, 0) is 9.47 Å². The molecule has 0 aliphatic heterocycles. The molecule has 1 aliphatic carbocycles. The second-order valence-corrected chi connectivity index (χ2v) is 3.47. The molecule has 0 N–H and O–H groups in total. The molecule has 2 heteroatoms. The maximum absolute atomic E-state index is 5.36. The quantitative estimate of drug-likeness (QED) is 0.480. The first-order chi connectivity index (χ1) is 6.29. The van der Waals surface area contributed by atoms with Gasteiger partial charge in [0.05, 0.1) is 12.7 Å². The molecule has 0 bridgehead atoms. The molecule has 0 saturated heterocycles. The van der Waals surface area contributed by atoms with Gasteiger partial charge in [-0.25, -0.2) is 0 Å². The number of hydrogen-bond acceptors (Lipinski definition) is 2. The highest BCUT2D eigenvalue weighted by atomic mass is 16.7. The summed E-state index contributed by atoms with van der Waals surface area (Å²) in [5.74, 6) is 0. The molecule has 13 heavy (non-hydrogen) atoms. The number of hydrogen-bond donors (Lipinski definition) is 0. The molecular formula is C11H18O2. The Hall–Kier alpha value is -0.600. The minimum absolute atomic E-state index is 0.250. The second-order valence-electron chi connectivity index (χ2n) is 3.47. The van der Waals surface area contributed by atoms with Crippen LogP contribution in [0.4, 0.5) is 0 Å². The Morgan fingerprint density at radius 3 is 2.92 bits per heavy atom.